The largest absolute Gasteiger partial charge is 0.376 e. The Kier molecular flexibility index (Phi) is 3.46. The third-order valence-electron chi connectivity index (χ3n) is 3.32. The van der Waals surface area contributed by atoms with Gasteiger partial charge in [-0.15, -0.1) is 0 Å². The van der Waals surface area contributed by atoms with Crippen molar-refractivity contribution in [1.29, 1.82) is 0 Å². The zero-order valence-corrected chi connectivity index (χ0v) is 9.29. The van der Waals surface area contributed by atoms with E-state index in [1.807, 2.05) is 6.92 Å². The molecule has 1 heterocycles. The molecule has 2 fully saturated rings. The van der Waals surface area contributed by atoms with Crippen molar-refractivity contribution in [1.82, 2.24) is 10.6 Å². The zero-order chi connectivity index (χ0) is 10.7. The van der Waals surface area contributed by atoms with Gasteiger partial charge in [-0.25, -0.2) is 4.79 Å². The van der Waals surface area contributed by atoms with E-state index in [4.69, 9.17) is 4.74 Å². The van der Waals surface area contributed by atoms with E-state index in [9.17, 15) is 4.79 Å². The summed E-state index contributed by atoms with van der Waals surface area (Å²) in [7, 11) is 0. The number of urea groups is 1. The van der Waals surface area contributed by atoms with Crippen LogP contribution in [0.4, 0.5) is 4.79 Å². The van der Waals surface area contributed by atoms with E-state index in [0.717, 1.165) is 32.3 Å². The van der Waals surface area contributed by atoms with Crippen molar-refractivity contribution >= 4 is 6.03 Å². The first-order chi connectivity index (χ1) is 7.25. The molecule has 0 radical (unpaired) electrons. The molecule has 2 rings (SSSR count). The highest BCUT2D eigenvalue weighted by molar-refractivity contribution is 5.74. The van der Waals surface area contributed by atoms with Crippen molar-refractivity contribution in [2.45, 2.75) is 57.2 Å². The van der Waals surface area contributed by atoms with Crippen molar-refractivity contribution in [2.24, 2.45) is 0 Å². The average molecular weight is 212 g/mol. The van der Waals surface area contributed by atoms with Crippen molar-refractivity contribution in [3.05, 3.63) is 0 Å². The van der Waals surface area contributed by atoms with Crippen molar-refractivity contribution in [3.63, 3.8) is 0 Å². The quantitative estimate of drug-likeness (QED) is 0.743. The molecule has 1 aliphatic carbocycles. The van der Waals surface area contributed by atoms with Crippen LogP contribution in [0.2, 0.25) is 0 Å². The fourth-order valence-corrected chi connectivity index (χ4v) is 2.08. The zero-order valence-electron chi connectivity index (χ0n) is 9.29. The minimum absolute atomic E-state index is 0.0392. The van der Waals surface area contributed by atoms with Gasteiger partial charge in [-0.05, 0) is 39.0 Å². The molecule has 0 aromatic rings. The SMILES string of the molecule is CC(NC(=O)NC1CCC1)C1CCCO1. The van der Waals surface area contributed by atoms with Crippen LogP contribution >= 0.6 is 0 Å². The third kappa shape index (κ3) is 2.84. The van der Waals surface area contributed by atoms with Crippen LogP contribution in [0.5, 0.6) is 0 Å². The van der Waals surface area contributed by atoms with Crippen molar-refractivity contribution in [3.8, 4) is 0 Å². The monoisotopic (exact) mass is 212 g/mol. The Morgan fingerprint density at radius 3 is 2.67 bits per heavy atom. The summed E-state index contributed by atoms with van der Waals surface area (Å²) >= 11 is 0. The highest BCUT2D eigenvalue weighted by atomic mass is 16.5. The highest BCUT2D eigenvalue weighted by Crippen LogP contribution is 2.18. The summed E-state index contributed by atoms with van der Waals surface area (Å²) < 4.78 is 5.52. The second-order valence-corrected chi connectivity index (χ2v) is 4.59. The molecule has 2 unspecified atom stereocenters. The first kappa shape index (κ1) is 10.7. The molecule has 86 valence electrons. The molecule has 0 spiro atoms. The lowest BCUT2D eigenvalue weighted by molar-refractivity contribution is 0.0856. The molecule has 4 nitrogen and oxygen atoms in total. The molecule has 2 N–H and O–H groups in total. The molecule has 2 aliphatic rings. The summed E-state index contributed by atoms with van der Waals surface area (Å²) in [4.78, 5) is 11.5. The Hall–Kier alpha value is -0.770. The molecule has 1 saturated heterocycles. The van der Waals surface area contributed by atoms with Crippen LogP contribution in [0.3, 0.4) is 0 Å². The van der Waals surface area contributed by atoms with E-state index in [0.29, 0.717) is 6.04 Å². The average Bonchev–Trinajstić information content (AvgIpc) is 2.64. The van der Waals surface area contributed by atoms with Crippen molar-refractivity contribution < 1.29 is 9.53 Å². The van der Waals surface area contributed by atoms with Crippen LogP contribution in [0.1, 0.15) is 39.0 Å². The van der Waals surface area contributed by atoms with E-state index < -0.39 is 0 Å². The third-order valence-corrected chi connectivity index (χ3v) is 3.32. The Morgan fingerprint density at radius 1 is 1.33 bits per heavy atom. The van der Waals surface area contributed by atoms with Crippen LogP contribution in [0, 0.1) is 0 Å². The lowest BCUT2D eigenvalue weighted by Crippen LogP contribution is -2.50. The van der Waals surface area contributed by atoms with Crippen LogP contribution in [0.25, 0.3) is 0 Å². The summed E-state index contributed by atoms with van der Waals surface area (Å²) in [6.45, 7) is 2.84. The van der Waals surface area contributed by atoms with E-state index in [2.05, 4.69) is 10.6 Å². The van der Waals surface area contributed by atoms with Crippen LogP contribution in [0.15, 0.2) is 0 Å². The van der Waals surface area contributed by atoms with Gasteiger partial charge in [0.2, 0.25) is 0 Å². The van der Waals surface area contributed by atoms with Crippen LogP contribution in [-0.2, 0) is 4.74 Å². The Labute approximate surface area is 90.8 Å². The smallest absolute Gasteiger partial charge is 0.315 e. The maximum atomic E-state index is 11.5. The minimum atomic E-state index is -0.0392. The number of rotatable bonds is 3. The Balaban J connectivity index is 1.67. The molecular formula is C11H20N2O2. The lowest BCUT2D eigenvalue weighted by Gasteiger charge is -2.28. The molecule has 0 aromatic heterocycles. The number of carbonyl (C=O) groups is 1. The fraction of sp³-hybridized carbons (Fsp3) is 0.909. The molecule has 2 atom stereocenters. The van der Waals surface area contributed by atoms with Gasteiger partial charge >= 0.3 is 6.03 Å². The standard InChI is InChI=1S/C11H20N2O2/c1-8(10-6-3-7-15-10)12-11(14)13-9-4-2-5-9/h8-10H,2-7H2,1H3,(H2,12,13,14). The number of hydrogen-bond acceptors (Lipinski definition) is 2. The predicted molar refractivity (Wildman–Crippen MR) is 57.7 cm³/mol. The summed E-state index contributed by atoms with van der Waals surface area (Å²) in [5.41, 5.74) is 0. The maximum Gasteiger partial charge on any atom is 0.315 e. The number of carbonyl (C=O) groups excluding carboxylic acids is 1. The number of amides is 2. The normalized spacial score (nSPS) is 28.2. The molecule has 15 heavy (non-hydrogen) atoms. The number of hydrogen-bond donors (Lipinski definition) is 2. The maximum absolute atomic E-state index is 11.5. The number of ether oxygens (including phenoxy) is 1. The fourth-order valence-electron chi connectivity index (χ4n) is 2.08. The first-order valence-corrected chi connectivity index (χ1v) is 5.94. The van der Waals surface area contributed by atoms with Gasteiger partial charge in [0.15, 0.2) is 0 Å². The highest BCUT2D eigenvalue weighted by Gasteiger charge is 2.25. The molecule has 4 heteroatoms. The molecular weight excluding hydrogens is 192 g/mol. The Morgan fingerprint density at radius 2 is 2.13 bits per heavy atom. The number of nitrogens with one attached hydrogen (secondary N) is 2. The first-order valence-electron chi connectivity index (χ1n) is 5.94. The minimum Gasteiger partial charge on any atom is -0.376 e. The van der Waals surface area contributed by atoms with Gasteiger partial charge in [0.25, 0.3) is 0 Å². The molecule has 1 aliphatic heterocycles. The van der Waals surface area contributed by atoms with Gasteiger partial charge in [0.1, 0.15) is 0 Å². The van der Waals surface area contributed by atoms with Gasteiger partial charge in [-0.2, -0.15) is 0 Å². The van der Waals surface area contributed by atoms with Crippen molar-refractivity contribution in [2.75, 3.05) is 6.61 Å². The lowest BCUT2D eigenvalue weighted by atomic mass is 9.93. The van der Waals surface area contributed by atoms with Gasteiger partial charge in [0.05, 0.1) is 12.1 Å². The van der Waals surface area contributed by atoms with E-state index in [1.165, 1.54) is 6.42 Å². The van der Waals surface area contributed by atoms with Crippen LogP contribution < -0.4 is 10.6 Å². The molecule has 2 amide bonds. The molecule has 0 aromatic carbocycles. The second-order valence-electron chi connectivity index (χ2n) is 4.59. The van der Waals surface area contributed by atoms with E-state index in [1.54, 1.807) is 0 Å². The summed E-state index contributed by atoms with van der Waals surface area (Å²) in [6.07, 6.45) is 5.87. The van der Waals surface area contributed by atoms with E-state index >= 15 is 0 Å². The summed E-state index contributed by atoms with van der Waals surface area (Å²) in [6, 6.07) is 0.483. The van der Waals surface area contributed by atoms with E-state index in [-0.39, 0.29) is 18.2 Å². The molecule has 1 saturated carbocycles. The van der Waals surface area contributed by atoms with Gasteiger partial charge < -0.3 is 15.4 Å². The Bertz CT molecular complexity index is 223. The second kappa shape index (κ2) is 4.84. The predicted octanol–water partition coefficient (Wildman–Crippen LogP) is 1.41. The van der Waals surface area contributed by atoms with Gasteiger partial charge in [-0.3, -0.25) is 0 Å². The summed E-state index contributed by atoms with van der Waals surface area (Å²) in [5.74, 6) is 0. The molecule has 0 bridgehead atoms. The van der Waals surface area contributed by atoms with Gasteiger partial charge in [0, 0.05) is 12.6 Å². The van der Waals surface area contributed by atoms with Crippen LogP contribution in [-0.4, -0.2) is 30.8 Å². The van der Waals surface area contributed by atoms with Gasteiger partial charge in [-0.1, -0.05) is 0 Å². The topological polar surface area (TPSA) is 50.4 Å². The summed E-state index contributed by atoms with van der Waals surface area (Å²) in [5, 5.41) is 5.91.